The molecule has 0 bridgehead atoms. The van der Waals surface area contributed by atoms with E-state index in [0.29, 0.717) is 6.07 Å². The number of carbonyl (C=O) groups is 1. The number of rotatable bonds is 4. The summed E-state index contributed by atoms with van der Waals surface area (Å²) in [6.07, 6.45) is -3.58. The highest BCUT2D eigenvalue weighted by Gasteiger charge is 2.34. The molecule has 2 rings (SSSR count). The van der Waals surface area contributed by atoms with Gasteiger partial charge in [-0.1, -0.05) is 0 Å². The van der Waals surface area contributed by atoms with Gasteiger partial charge in [0.1, 0.15) is 12.1 Å². The lowest BCUT2D eigenvalue weighted by atomic mass is 10.2. The van der Waals surface area contributed by atoms with Crippen molar-refractivity contribution in [1.82, 2.24) is 19.2 Å². The average Bonchev–Trinajstić information content (AvgIpc) is 2.77. The van der Waals surface area contributed by atoms with Gasteiger partial charge in [-0.2, -0.15) is 18.3 Å². The summed E-state index contributed by atoms with van der Waals surface area (Å²) < 4.78 is 40.6. The van der Waals surface area contributed by atoms with E-state index >= 15 is 0 Å². The molecule has 0 fully saturated rings. The van der Waals surface area contributed by atoms with E-state index in [1.807, 2.05) is 6.92 Å². The van der Waals surface area contributed by atoms with Gasteiger partial charge in [-0.15, -0.1) is 0 Å². The van der Waals surface area contributed by atoms with Gasteiger partial charge >= 0.3 is 6.18 Å². The first-order valence-corrected chi connectivity index (χ1v) is 7.09. The topological polar surface area (TPSA) is 60.1 Å². The van der Waals surface area contributed by atoms with E-state index in [1.54, 1.807) is 17.8 Å². The largest absolute Gasteiger partial charge is 0.421 e. The number of aryl methyl sites for hydroxylation is 2. The SMILES string of the molecule is Cc1cc(CN(C)C(=O)Cn2cccc(C(F)(F)F)c2=O)n(C)n1. The Balaban J connectivity index is 2.15. The van der Waals surface area contributed by atoms with Crippen LogP contribution in [0, 0.1) is 6.92 Å². The van der Waals surface area contributed by atoms with Crippen LogP contribution >= 0.6 is 0 Å². The van der Waals surface area contributed by atoms with Gasteiger partial charge in [-0.05, 0) is 25.1 Å². The molecule has 0 saturated carbocycles. The number of amides is 1. The van der Waals surface area contributed by atoms with E-state index in [9.17, 15) is 22.8 Å². The molecule has 0 aliphatic heterocycles. The summed E-state index contributed by atoms with van der Waals surface area (Å²) in [5, 5.41) is 4.16. The van der Waals surface area contributed by atoms with Crippen LogP contribution in [0.4, 0.5) is 13.2 Å². The summed E-state index contributed by atoms with van der Waals surface area (Å²) in [7, 11) is 3.25. The molecule has 2 aromatic rings. The Morgan fingerprint density at radius 1 is 1.38 bits per heavy atom. The van der Waals surface area contributed by atoms with E-state index < -0.39 is 29.8 Å². The van der Waals surface area contributed by atoms with Crippen LogP contribution in [0.25, 0.3) is 0 Å². The fraction of sp³-hybridized carbons (Fsp3) is 0.400. The monoisotopic (exact) mass is 342 g/mol. The standard InChI is InChI=1S/C15H17F3N4O2/c1-10-7-11(21(3)19-10)8-20(2)13(23)9-22-6-4-5-12(14(22)24)15(16,17)18/h4-7H,8-9H2,1-3H3. The van der Waals surface area contributed by atoms with Crippen LogP contribution in [0.5, 0.6) is 0 Å². The number of alkyl halides is 3. The molecule has 0 saturated heterocycles. The predicted molar refractivity (Wildman–Crippen MR) is 80.1 cm³/mol. The van der Waals surface area contributed by atoms with Crippen molar-refractivity contribution in [2.75, 3.05) is 7.05 Å². The van der Waals surface area contributed by atoms with E-state index in [-0.39, 0.29) is 6.54 Å². The molecule has 2 aromatic heterocycles. The highest BCUT2D eigenvalue weighted by molar-refractivity contribution is 5.75. The number of aromatic nitrogens is 3. The molecular formula is C15H17F3N4O2. The highest BCUT2D eigenvalue weighted by Crippen LogP contribution is 2.25. The third kappa shape index (κ3) is 3.84. The first kappa shape index (κ1) is 17.8. The van der Waals surface area contributed by atoms with Gasteiger partial charge in [-0.25, -0.2) is 0 Å². The Kier molecular flexibility index (Phi) is 4.81. The second-order valence-corrected chi connectivity index (χ2v) is 5.50. The van der Waals surface area contributed by atoms with Crippen molar-refractivity contribution < 1.29 is 18.0 Å². The lowest BCUT2D eigenvalue weighted by Crippen LogP contribution is -2.35. The zero-order valence-corrected chi connectivity index (χ0v) is 13.5. The number of nitrogens with zero attached hydrogens (tertiary/aromatic N) is 4. The smallest absolute Gasteiger partial charge is 0.338 e. The molecular weight excluding hydrogens is 325 g/mol. The summed E-state index contributed by atoms with van der Waals surface area (Å²) in [4.78, 5) is 25.4. The van der Waals surface area contributed by atoms with Crippen LogP contribution in [0.2, 0.25) is 0 Å². The van der Waals surface area contributed by atoms with Crippen LogP contribution in [0.3, 0.4) is 0 Å². The minimum atomic E-state index is -4.75. The Bertz CT molecular complexity index is 808. The lowest BCUT2D eigenvalue weighted by molar-refractivity contribution is -0.139. The summed E-state index contributed by atoms with van der Waals surface area (Å²) in [5.74, 6) is -0.477. The normalized spacial score (nSPS) is 11.6. The fourth-order valence-electron chi connectivity index (χ4n) is 2.29. The molecule has 1 amide bonds. The first-order chi connectivity index (χ1) is 11.1. The number of halogens is 3. The third-order valence-corrected chi connectivity index (χ3v) is 3.55. The molecule has 9 heteroatoms. The Morgan fingerprint density at radius 2 is 2.04 bits per heavy atom. The van der Waals surface area contributed by atoms with Crippen LogP contribution in [0.15, 0.2) is 29.2 Å². The van der Waals surface area contributed by atoms with Gasteiger partial charge in [0.15, 0.2) is 0 Å². The van der Waals surface area contributed by atoms with Gasteiger partial charge in [0.2, 0.25) is 5.91 Å². The van der Waals surface area contributed by atoms with Crippen LogP contribution in [-0.4, -0.2) is 32.2 Å². The van der Waals surface area contributed by atoms with Crippen molar-refractivity contribution in [1.29, 1.82) is 0 Å². The Morgan fingerprint density at radius 3 is 2.58 bits per heavy atom. The van der Waals surface area contributed by atoms with E-state index in [2.05, 4.69) is 5.10 Å². The van der Waals surface area contributed by atoms with Crippen molar-refractivity contribution in [2.24, 2.45) is 7.05 Å². The minimum absolute atomic E-state index is 0.240. The number of likely N-dealkylation sites (N-methyl/N-ethyl adjacent to an activating group) is 1. The number of hydrogen-bond donors (Lipinski definition) is 0. The molecule has 0 aliphatic carbocycles. The van der Waals surface area contributed by atoms with Gasteiger partial charge in [0.25, 0.3) is 5.56 Å². The van der Waals surface area contributed by atoms with Crippen LogP contribution < -0.4 is 5.56 Å². The van der Waals surface area contributed by atoms with Gasteiger partial charge in [0, 0.05) is 20.3 Å². The summed E-state index contributed by atoms with van der Waals surface area (Å²) >= 11 is 0. The molecule has 0 atom stereocenters. The summed E-state index contributed by atoms with van der Waals surface area (Å²) in [5.41, 5.74) is -0.951. The third-order valence-electron chi connectivity index (χ3n) is 3.55. The molecule has 0 spiro atoms. The molecule has 130 valence electrons. The molecule has 0 radical (unpaired) electrons. The van der Waals surface area contributed by atoms with Crippen molar-refractivity contribution in [3.8, 4) is 0 Å². The van der Waals surface area contributed by atoms with Crippen molar-refractivity contribution >= 4 is 5.91 Å². The molecule has 0 unspecified atom stereocenters. The van der Waals surface area contributed by atoms with Crippen LogP contribution in [-0.2, 0) is 31.1 Å². The van der Waals surface area contributed by atoms with E-state index in [1.165, 1.54) is 11.9 Å². The summed E-state index contributed by atoms with van der Waals surface area (Å²) in [6.45, 7) is 1.59. The van der Waals surface area contributed by atoms with Crippen molar-refractivity contribution in [2.45, 2.75) is 26.2 Å². The number of hydrogen-bond acceptors (Lipinski definition) is 3. The maximum absolute atomic E-state index is 12.7. The molecule has 2 heterocycles. The van der Waals surface area contributed by atoms with Crippen LogP contribution in [0.1, 0.15) is 17.0 Å². The number of pyridine rings is 1. The highest BCUT2D eigenvalue weighted by atomic mass is 19.4. The number of carbonyl (C=O) groups excluding carboxylic acids is 1. The first-order valence-electron chi connectivity index (χ1n) is 7.09. The minimum Gasteiger partial charge on any atom is -0.338 e. The molecule has 24 heavy (non-hydrogen) atoms. The fourth-order valence-corrected chi connectivity index (χ4v) is 2.29. The predicted octanol–water partition coefficient (Wildman–Crippen LogP) is 1.57. The van der Waals surface area contributed by atoms with E-state index in [0.717, 1.165) is 28.2 Å². The molecule has 6 nitrogen and oxygen atoms in total. The van der Waals surface area contributed by atoms with Gasteiger partial charge < -0.3 is 9.47 Å². The van der Waals surface area contributed by atoms with Gasteiger partial charge in [0.05, 0.1) is 17.9 Å². The lowest BCUT2D eigenvalue weighted by Gasteiger charge is -2.18. The summed E-state index contributed by atoms with van der Waals surface area (Å²) in [6, 6.07) is 3.60. The van der Waals surface area contributed by atoms with E-state index in [4.69, 9.17) is 0 Å². The zero-order valence-electron chi connectivity index (χ0n) is 13.5. The quantitative estimate of drug-likeness (QED) is 0.847. The van der Waals surface area contributed by atoms with Gasteiger partial charge in [-0.3, -0.25) is 14.3 Å². The molecule has 0 aliphatic rings. The zero-order chi connectivity index (χ0) is 18.1. The average molecular weight is 342 g/mol. The maximum atomic E-state index is 12.7. The Labute approximate surface area is 136 Å². The molecule has 0 N–H and O–H groups in total. The van der Waals surface area contributed by atoms with Crippen molar-refractivity contribution in [3.63, 3.8) is 0 Å². The van der Waals surface area contributed by atoms with Crippen molar-refractivity contribution in [3.05, 3.63) is 51.7 Å². The Hall–Kier alpha value is -2.58. The maximum Gasteiger partial charge on any atom is 0.421 e. The molecule has 0 aromatic carbocycles. The second-order valence-electron chi connectivity index (χ2n) is 5.50. The second kappa shape index (κ2) is 6.50.